The Morgan fingerprint density at radius 1 is 1.11 bits per heavy atom. The Kier molecular flexibility index (Phi) is 5.89. The molecule has 1 atom stereocenters. The molecular weight excluding hydrogens is 489 g/mol. The van der Waals surface area contributed by atoms with Crippen LogP contribution in [0.25, 0.3) is 11.1 Å². The van der Waals surface area contributed by atoms with Crippen LogP contribution in [0.15, 0.2) is 53.7 Å². The molecule has 1 saturated heterocycles. The van der Waals surface area contributed by atoms with Crippen molar-refractivity contribution in [2.24, 2.45) is 5.92 Å². The number of anilines is 1. The standard InChI is InChI=1S/C26H25ClFN3O3S/c27-20-14-29-25(30-15-20)31-10-6-17(7-11-31)16-33-22-4-2-18(12-21(22)28)19-3-5-24-23(13-19)34-26(35(24)32)8-1-9-26/h2-5,12-15,17H,1,6-11,16H2. The lowest BCUT2D eigenvalue weighted by atomic mass is 9.95. The van der Waals surface area contributed by atoms with Crippen molar-refractivity contribution in [3.8, 4) is 22.6 Å². The first kappa shape index (κ1) is 22.7. The van der Waals surface area contributed by atoms with E-state index < -0.39 is 21.5 Å². The molecule has 0 radical (unpaired) electrons. The quantitative estimate of drug-likeness (QED) is 0.442. The van der Waals surface area contributed by atoms with Gasteiger partial charge in [0.25, 0.3) is 0 Å². The second-order valence-electron chi connectivity index (χ2n) is 9.38. The van der Waals surface area contributed by atoms with Gasteiger partial charge in [-0.05, 0) is 73.4 Å². The van der Waals surface area contributed by atoms with Crippen molar-refractivity contribution in [2.45, 2.75) is 41.9 Å². The van der Waals surface area contributed by atoms with Crippen LogP contribution in [0.1, 0.15) is 32.1 Å². The Bertz CT molecular complexity index is 1280. The van der Waals surface area contributed by atoms with Crippen molar-refractivity contribution in [1.29, 1.82) is 0 Å². The van der Waals surface area contributed by atoms with Gasteiger partial charge in [-0.3, -0.25) is 4.21 Å². The minimum Gasteiger partial charge on any atom is -0.490 e. The van der Waals surface area contributed by atoms with Gasteiger partial charge in [-0.15, -0.1) is 0 Å². The number of fused-ring (bicyclic) bond motifs is 1. The second kappa shape index (κ2) is 9.06. The minimum atomic E-state index is -1.14. The van der Waals surface area contributed by atoms with Crippen LogP contribution in [0.3, 0.4) is 0 Å². The molecule has 1 saturated carbocycles. The van der Waals surface area contributed by atoms with Gasteiger partial charge in [-0.25, -0.2) is 14.4 Å². The highest BCUT2D eigenvalue weighted by molar-refractivity contribution is 7.86. The van der Waals surface area contributed by atoms with Crippen LogP contribution < -0.4 is 14.4 Å². The van der Waals surface area contributed by atoms with Crippen molar-refractivity contribution in [3.05, 3.63) is 59.6 Å². The molecule has 3 heterocycles. The molecule has 2 aliphatic heterocycles. The Labute approximate surface area is 210 Å². The van der Waals surface area contributed by atoms with Gasteiger partial charge in [-0.2, -0.15) is 0 Å². The second-order valence-corrected chi connectivity index (χ2v) is 11.5. The summed E-state index contributed by atoms with van der Waals surface area (Å²) in [5.74, 6) is 1.53. The number of ether oxygens (including phenoxy) is 2. The molecule has 2 fully saturated rings. The lowest BCUT2D eigenvalue weighted by Crippen LogP contribution is -2.43. The molecule has 9 heteroatoms. The van der Waals surface area contributed by atoms with E-state index in [-0.39, 0.29) is 5.75 Å². The number of hydrogen-bond donors (Lipinski definition) is 0. The summed E-state index contributed by atoms with van der Waals surface area (Å²) in [5.41, 5.74) is 1.57. The third kappa shape index (κ3) is 4.27. The fourth-order valence-electron chi connectivity index (χ4n) is 4.89. The molecule has 182 valence electrons. The van der Waals surface area contributed by atoms with Gasteiger partial charge in [0.1, 0.15) is 16.5 Å². The summed E-state index contributed by atoms with van der Waals surface area (Å²) in [7, 11) is -1.14. The van der Waals surface area contributed by atoms with Gasteiger partial charge in [0.05, 0.1) is 28.9 Å². The van der Waals surface area contributed by atoms with Crippen LogP contribution in [0.2, 0.25) is 5.02 Å². The first-order valence-corrected chi connectivity index (χ1v) is 13.4. The van der Waals surface area contributed by atoms with E-state index in [2.05, 4.69) is 14.9 Å². The van der Waals surface area contributed by atoms with Gasteiger partial charge in [0.15, 0.2) is 16.5 Å². The highest BCUT2D eigenvalue weighted by atomic mass is 35.5. The van der Waals surface area contributed by atoms with E-state index >= 15 is 0 Å². The molecule has 1 aromatic heterocycles. The molecule has 6 nitrogen and oxygen atoms in total. The van der Waals surface area contributed by atoms with Crippen LogP contribution in [-0.4, -0.2) is 38.8 Å². The van der Waals surface area contributed by atoms with E-state index in [0.29, 0.717) is 29.2 Å². The Morgan fingerprint density at radius 2 is 1.83 bits per heavy atom. The Morgan fingerprint density at radius 3 is 2.51 bits per heavy atom. The number of aromatic nitrogens is 2. The number of hydrogen-bond acceptors (Lipinski definition) is 6. The van der Waals surface area contributed by atoms with Crippen LogP contribution in [0.4, 0.5) is 10.3 Å². The normalized spacial score (nSPS) is 20.9. The highest BCUT2D eigenvalue weighted by Crippen LogP contribution is 2.50. The average Bonchev–Trinajstić information content (AvgIpc) is 3.16. The van der Waals surface area contributed by atoms with Gasteiger partial charge in [-0.1, -0.05) is 23.7 Å². The largest absolute Gasteiger partial charge is 0.490 e. The summed E-state index contributed by atoms with van der Waals surface area (Å²) in [5, 5.41) is 0.521. The predicted octanol–water partition coefficient (Wildman–Crippen LogP) is 5.61. The SMILES string of the molecule is O=S1c2ccc(-c3ccc(OCC4CCN(c5ncc(Cl)cn5)CC4)c(F)c3)cc2OC12CCC2. The molecule has 0 amide bonds. The molecular formula is C26H25ClFN3O3S. The van der Waals surface area contributed by atoms with Crippen molar-refractivity contribution < 1.29 is 18.1 Å². The van der Waals surface area contributed by atoms with Gasteiger partial charge < -0.3 is 14.4 Å². The molecule has 3 aliphatic rings. The summed E-state index contributed by atoms with van der Waals surface area (Å²) < 4.78 is 39.6. The lowest BCUT2D eigenvalue weighted by molar-refractivity contribution is 0.0865. The molecule has 1 unspecified atom stereocenters. The van der Waals surface area contributed by atoms with E-state index in [4.69, 9.17) is 21.1 Å². The van der Waals surface area contributed by atoms with Crippen LogP contribution >= 0.6 is 11.6 Å². The predicted molar refractivity (Wildman–Crippen MR) is 133 cm³/mol. The monoisotopic (exact) mass is 513 g/mol. The smallest absolute Gasteiger partial charge is 0.225 e. The van der Waals surface area contributed by atoms with Crippen LogP contribution in [0, 0.1) is 11.7 Å². The van der Waals surface area contributed by atoms with Crippen LogP contribution in [-0.2, 0) is 10.8 Å². The summed E-state index contributed by atoms with van der Waals surface area (Å²) in [6.07, 6.45) is 7.72. The maximum absolute atomic E-state index is 14.9. The molecule has 2 aromatic carbocycles. The van der Waals surface area contributed by atoms with Crippen LogP contribution in [0.5, 0.6) is 11.5 Å². The molecule has 0 N–H and O–H groups in total. The maximum Gasteiger partial charge on any atom is 0.225 e. The van der Waals surface area contributed by atoms with Crippen molar-refractivity contribution in [1.82, 2.24) is 9.97 Å². The van der Waals surface area contributed by atoms with Crippen molar-refractivity contribution >= 4 is 28.3 Å². The summed E-state index contributed by atoms with van der Waals surface area (Å²) >= 11 is 5.87. The fourth-order valence-corrected chi connectivity index (χ4v) is 6.68. The number of piperidine rings is 1. The third-order valence-electron chi connectivity index (χ3n) is 7.14. The summed E-state index contributed by atoms with van der Waals surface area (Å²) in [6.45, 7) is 2.11. The van der Waals surface area contributed by atoms with E-state index in [9.17, 15) is 8.60 Å². The Hall–Kier alpha value is -2.71. The zero-order valence-corrected chi connectivity index (χ0v) is 20.7. The number of benzene rings is 2. The van der Waals surface area contributed by atoms with E-state index in [1.807, 2.05) is 24.3 Å². The topological polar surface area (TPSA) is 64.5 Å². The third-order valence-corrected chi connectivity index (χ3v) is 9.24. The van der Waals surface area contributed by atoms with E-state index in [0.717, 1.165) is 61.2 Å². The lowest BCUT2D eigenvalue weighted by Gasteiger charge is -2.35. The summed E-state index contributed by atoms with van der Waals surface area (Å²) in [6, 6.07) is 10.6. The minimum absolute atomic E-state index is 0.254. The molecule has 6 rings (SSSR count). The van der Waals surface area contributed by atoms with Crippen molar-refractivity contribution in [2.75, 3.05) is 24.6 Å². The molecule has 35 heavy (non-hydrogen) atoms. The van der Waals surface area contributed by atoms with Gasteiger partial charge in [0.2, 0.25) is 5.95 Å². The first-order chi connectivity index (χ1) is 17.0. The number of nitrogens with zero attached hydrogens (tertiary/aromatic N) is 3. The molecule has 1 spiro atoms. The highest BCUT2D eigenvalue weighted by Gasteiger charge is 2.51. The zero-order valence-electron chi connectivity index (χ0n) is 19.1. The molecule has 0 bridgehead atoms. The number of halogens is 2. The zero-order chi connectivity index (χ0) is 24.0. The first-order valence-electron chi connectivity index (χ1n) is 11.9. The van der Waals surface area contributed by atoms with Gasteiger partial charge >= 0.3 is 0 Å². The van der Waals surface area contributed by atoms with E-state index in [1.54, 1.807) is 18.5 Å². The maximum atomic E-state index is 14.9. The number of rotatable bonds is 5. The van der Waals surface area contributed by atoms with Crippen molar-refractivity contribution in [3.63, 3.8) is 0 Å². The summed E-state index contributed by atoms with van der Waals surface area (Å²) in [4.78, 5) is 10.9. The average molecular weight is 514 g/mol. The van der Waals surface area contributed by atoms with Gasteiger partial charge in [0, 0.05) is 13.1 Å². The fraction of sp³-hybridized carbons (Fsp3) is 0.385. The molecule has 1 aliphatic carbocycles. The molecule has 3 aromatic rings. The Balaban J connectivity index is 1.07. The van der Waals surface area contributed by atoms with E-state index in [1.165, 1.54) is 6.07 Å².